The van der Waals surface area contributed by atoms with Gasteiger partial charge in [-0.05, 0) is 41.5 Å². The minimum Gasteiger partial charge on any atom is -0.388 e. The van der Waals surface area contributed by atoms with E-state index in [2.05, 4.69) is 12.2 Å². The Hall–Kier alpha value is 0.260. The van der Waals surface area contributed by atoms with Gasteiger partial charge >= 0.3 is 6.80 Å². The number of aliphatic hydroxyl groups excluding tert-OH is 2. The van der Waals surface area contributed by atoms with Crippen molar-refractivity contribution in [1.29, 1.82) is 0 Å². The van der Waals surface area contributed by atoms with Crippen LogP contribution in [0.3, 0.4) is 0 Å². The van der Waals surface area contributed by atoms with Gasteiger partial charge in [0.2, 0.25) is 0 Å². The highest BCUT2D eigenvalue weighted by Crippen LogP contribution is 2.56. The van der Waals surface area contributed by atoms with Crippen molar-refractivity contribution in [2.45, 2.75) is 103 Å². The Morgan fingerprint density at radius 2 is 1.45 bits per heavy atom. The van der Waals surface area contributed by atoms with Crippen LogP contribution in [0.25, 0.3) is 0 Å². The van der Waals surface area contributed by atoms with Crippen molar-refractivity contribution in [3.05, 3.63) is 0 Å². The standard InChI is InChI=1S/C18H35O9PS/c1-9(2)22-7-13-18(16(20)12(6)25-13)27-28(21,29)23-8-14-17(24-10(3)4)15(19)11(5)26-14/h9-20H,7-8H2,1-6H3,(H,21,29)/t11-,12-,13+,14+,15?,16?,17-,18-,28?/m0/s1. The maximum Gasteiger partial charge on any atom is 0.386 e. The topological polar surface area (TPSA) is 113 Å². The summed E-state index contributed by atoms with van der Waals surface area (Å²) in [5.41, 5.74) is 0. The van der Waals surface area contributed by atoms with Gasteiger partial charge in [-0.2, -0.15) is 0 Å². The molecule has 9 atom stereocenters. The maximum atomic E-state index is 12.8. The molecule has 11 heteroatoms. The van der Waals surface area contributed by atoms with Crippen LogP contribution < -0.4 is 0 Å². The van der Waals surface area contributed by atoms with Crippen molar-refractivity contribution in [1.82, 2.24) is 0 Å². The Morgan fingerprint density at radius 3 is 1.97 bits per heavy atom. The van der Waals surface area contributed by atoms with E-state index < -0.39 is 55.6 Å². The van der Waals surface area contributed by atoms with Crippen molar-refractivity contribution in [3.8, 4) is 0 Å². The van der Waals surface area contributed by atoms with Gasteiger partial charge in [0.25, 0.3) is 0 Å². The third-order valence-corrected chi connectivity index (χ3v) is 6.44. The molecule has 0 aromatic heterocycles. The lowest BCUT2D eigenvalue weighted by Gasteiger charge is -2.26. The summed E-state index contributed by atoms with van der Waals surface area (Å²) < 4.78 is 46.4. The Bertz CT molecular complexity index is 563. The maximum absolute atomic E-state index is 12.8. The van der Waals surface area contributed by atoms with Gasteiger partial charge in [-0.1, -0.05) is 12.2 Å². The first kappa shape index (κ1) is 25.5. The summed E-state index contributed by atoms with van der Waals surface area (Å²) in [5.74, 6) is 0. The number of hydrogen-bond acceptors (Lipinski definition) is 9. The number of hydrogen-bond donors (Lipinski definition) is 3. The molecule has 2 fully saturated rings. The normalized spacial score (nSPS) is 40.1. The van der Waals surface area contributed by atoms with Crippen LogP contribution in [-0.2, 0) is 32.6 Å². The molecule has 0 aliphatic carbocycles. The Labute approximate surface area is 178 Å². The van der Waals surface area contributed by atoms with Gasteiger partial charge in [0.05, 0.1) is 37.6 Å². The van der Waals surface area contributed by atoms with Gasteiger partial charge in [0.1, 0.15) is 36.6 Å². The average molecular weight is 459 g/mol. The lowest BCUT2D eigenvalue weighted by atomic mass is 10.1. The Balaban J connectivity index is 1.96. The van der Waals surface area contributed by atoms with Gasteiger partial charge in [0, 0.05) is 0 Å². The Morgan fingerprint density at radius 1 is 0.931 bits per heavy atom. The molecule has 2 rings (SSSR count). The molecule has 0 amide bonds. The molecule has 0 radical (unpaired) electrons. The summed E-state index contributed by atoms with van der Waals surface area (Å²) in [5, 5.41) is 20.6. The second-order valence-corrected chi connectivity index (χ2v) is 11.0. The van der Waals surface area contributed by atoms with E-state index in [0.29, 0.717) is 0 Å². The molecule has 2 saturated heterocycles. The second-order valence-electron chi connectivity index (χ2n) is 8.11. The number of thiol groups is 1. The summed E-state index contributed by atoms with van der Waals surface area (Å²) in [4.78, 5) is 0. The van der Waals surface area contributed by atoms with E-state index in [-0.39, 0.29) is 25.4 Å². The van der Waals surface area contributed by atoms with E-state index in [9.17, 15) is 14.8 Å². The fraction of sp³-hybridized carbons (Fsp3) is 1.00. The predicted molar refractivity (Wildman–Crippen MR) is 109 cm³/mol. The van der Waals surface area contributed by atoms with Crippen LogP contribution >= 0.6 is 19.0 Å². The highest BCUT2D eigenvalue weighted by Gasteiger charge is 2.47. The lowest BCUT2D eigenvalue weighted by molar-refractivity contribution is -0.0775. The lowest BCUT2D eigenvalue weighted by Crippen LogP contribution is -2.39. The molecular formula is C18H35O9PS. The van der Waals surface area contributed by atoms with Gasteiger partial charge in [-0.25, -0.2) is 4.57 Å². The molecule has 0 bridgehead atoms. The fourth-order valence-electron chi connectivity index (χ4n) is 3.36. The van der Waals surface area contributed by atoms with Crippen LogP contribution in [0.5, 0.6) is 0 Å². The predicted octanol–water partition coefficient (Wildman–Crippen LogP) is 1.94. The fourth-order valence-corrected chi connectivity index (χ4v) is 4.85. The van der Waals surface area contributed by atoms with Gasteiger partial charge in [-0.15, -0.1) is 0 Å². The van der Waals surface area contributed by atoms with Gasteiger partial charge in [0.15, 0.2) is 0 Å². The molecule has 0 saturated carbocycles. The van der Waals surface area contributed by atoms with Crippen LogP contribution in [0.4, 0.5) is 0 Å². The van der Waals surface area contributed by atoms with Crippen LogP contribution in [0, 0.1) is 0 Å². The molecule has 2 N–H and O–H groups in total. The average Bonchev–Trinajstić information content (AvgIpc) is 3.02. The second kappa shape index (κ2) is 10.7. The first-order valence-electron chi connectivity index (χ1n) is 10.0. The zero-order chi connectivity index (χ0) is 21.9. The molecule has 29 heavy (non-hydrogen) atoms. The molecule has 2 heterocycles. The third kappa shape index (κ3) is 7.14. The van der Waals surface area contributed by atoms with E-state index in [1.54, 1.807) is 13.8 Å². The molecule has 9 nitrogen and oxygen atoms in total. The number of ether oxygens (including phenoxy) is 4. The third-order valence-electron chi connectivity index (χ3n) is 4.83. The van der Waals surface area contributed by atoms with Gasteiger partial charge < -0.3 is 29.2 Å². The minimum atomic E-state index is -3.86. The first-order chi connectivity index (χ1) is 13.4. The Kier molecular flexibility index (Phi) is 9.43. The molecular weight excluding hydrogens is 423 g/mol. The van der Waals surface area contributed by atoms with Crippen molar-refractivity contribution in [2.24, 2.45) is 0 Å². The molecule has 2 aliphatic rings. The summed E-state index contributed by atoms with van der Waals surface area (Å²) in [6.45, 7) is 7.05. The zero-order valence-corrected chi connectivity index (χ0v) is 19.6. The van der Waals surface area contributed by atoms with Crippen molar-refractivity contribution < 1.29 is 42.8 Å². The zero-order valence-electron chi connectivity index (χ0n) is 17.8. The van der Waals surface area contributed by atoms with E-state index in [1.807, 2.05) is 27.7 Å². The van der Waals surface area contributed by atoms with Crippen LogP contribution in [0.2, 0.25) is 0 Å². The van der Waals surface area contributed by atoms with Crippen LogP contribution in [-0.4, -0.2) is 84.5 Å². The first-order valence-corrected chi connectivity index (χ1v) is 12.7. The number of aliphatic hydroxyl groups is 2. The molecule has 0 aromatic rings. The molecule has 172 valence electrons. The summed E-state index contributed by atoms with van der Waals surface area (Å²) in [6.07, 6.45) is -5.70. The monoisotopic (exact) mass is 458 g/mol. The largest absolute Gasteiger partial charge is 0.388 e. The van der Waals surface area contributed by atoms with Crippen LogP contribution in [0.15, 0.2) is 0 Å². The van der Waals surface area contributed by atoms with Gasteiger partial charge in [-0.3, -0.25) is 9.05 Å². The molecule has 0 aromatic carbocycles. The summed E-state index contributed by atoms with van der Waals surface area (Å²) in [6, 6.07) is 0. The van der Waals surface area contributed by atoms with E-state index in [0.717, 1.165) is 0 Å². The van der Waals surface area contributed by atoms with E-state index in [4.69, 9.17) is 28.0 Å². The van der Waals surface area contributed by atoms with Crippen molar-refractivity contribution >= 4 is 19.0 Å². The van der Waals surface area contributed by atoms with Crippen LogP contribution in [0.1, 0.15) is 41.5 Å². The highest BCUT2D eigenvalue weighted by atomic mass is 32.7. The highest BCUT2D eigenvalue weighted by molar-refractivity contribution is 8.44. The van der Waals surface area contributed by atoms with E-state index >= 15 is 0 Å². The minimum absolute atomic E-state index is 0.0304. The molecule has 3 unspecified atom stereocenters. The van der Waals surface area contributed by atoms with E-state index in [1.165, 1.54) is 0 Å². The molecule has 0 spiro atoms. The van der Waals surface area contributed by atoms with Crippen molar-refractivity contribution in [2.75, 3.05) is 13.2 Å². The summed E-state index contributed by atoms with van der Waals surface area (Å²) in [7, 11) is 0. The SMILES string of the molecule is CC(C)OC[C@H]1O[C@@H](C)C(O)[C@H]1OP(=O)(S)OC[C@H]1O[C@@H](C)C(O)[C@H]1OC(C)C. The smallest absolute Gasteiger partial charge is 0.386 e. The summed E-state index contributed by atoms with van der Waals surface area (Å²) >= 11 is 4.04. The number of rotatable bonds is 10. The van der Waals surface area contributed by atoms with Crippen molar-refractivity contribution in [3.63, 3.8) is 0 Å². The molecule has 2 aliphatic heterocycles. The quantitative estimate of drug-likeness (QED) is 0.334.